The average Bonchev–Trinajstić information content (AvgIpc) is 2.61. The molecule has 2 rings (SSSR count). The van der Waals surface area contributed by atoms with Crippen LogP contribution in [-0.2, 0) is 20.5 Å². The molecule has 3 N–H and O–H groups in total. The molecule has 0 bridgehead atoms. The second kappa shape index (κ2) is 7.70. The summed E-state index contributed by atoms with van der Waals surface area (Å²) in [6.45, 7) is 3.98. The molecule has 1 heterocycles. The third kappa shape index (κ3) is 3.85. The van der Waals surface area contributed by atoms with E-state index in [0.29, 0.717) is 6.42 Å². The van der Waals surface area contributed by atoms with Crippen LogP contribution in [0.2, 0.25) is 0 Å². The molecule has 136 valence electrons. The van der Waals surface area contributed by atoms with Gasteiger partial charge in [-0.25, -0.2) is 4.79 Å². The van der Waals surface area contributed by atoms with Gasteiger partial charge in [-0.15, -0.1) is 0 Å². The Hall–Kier alpha value is -2.34. The van der Waals surface area contributed by atoms with Gasteiger partial charge in [0, 0.05) is 26.1 Å². The van der Waals surface area contributed by atoms with Crippen LogP contribution in [0.15, 0.2) is 39.9 Å². The van der Waals surface area contributed by atoms with Gasteiger partial charge in [0.2, 0.25) is 5.88 Å². The van der Waals surface area contributed by atoms with E-state index >= 15 is 0 Å². The number of aromatic nitrogens is 2. The van der Waals surface area contributed by atoms with E-state index in [9.17, 15) is 14.7 Å². The maximum absolute atomic E-state index is 12.7. The molecule has 0 saturated carbocycles. The number of rotatable bonds is 6. The zero-order valence-corrected chi connectivity index (χ0v) is 15.3. The first-order valence-electron chi connectivity index (χ1n) is 8.54. The van der Waals surface area contributed by atoms with Gasteiger partial charge >= 0.3 is 5.69 Å². The molecule has 0 radical (unpaired) electrons. The Bertz CT molecular complexity index is 837. The van der Waals surface area contributed by atoms with Gasteiger partial charge in [0.15, 0.2) is 0 Å². The van der Waals surface area contributed by atoms with E-state index in [1.165, 1.54) is 14.1 Å². The Morgan fingerprint density at radius 3 is 2.24 bits per heavy atom. The minimum absolute atomic E-state index is 0.127. The third-order valence-corrected chi connectivity index (χ3v) is 4.86. The number of hydrogen-bond acceptors (Lipinski definition) is 4. The van der Waals surface area contributed by atoms with Crippen molar-refractivity contribution in [3.8, 4) is 5.88 Å². The fourth-order valence-corrected chi connectivity index (χ4v) is 3.14. The van der Waals surface area contributed by atoms with Crippen molar-refractivity contribution in [3.63, 3.8) is 0 Å². The summed E-state index contributed by atoms with van der Waals surface area (Å²) in [5.74, 6) is -0.505. The Kier molecular flexibility index (Phi) is 5.85. The van der Waals surface area contributed by atoms with Crippen molar-refractivity contribution in [2.75, 3.05) is 0 Å². The van der Waals surface area contributed by atoms with Crippen molar-refractivity contribution in [1.82, 2.24) is 9.13 Å². The molecule has 25 heavy (non-hydrogen) atoms. The molecular formula is C19H27N3O3. The summed E-state index contributed by atoms with van der Waals surface area (Å²) in [5.41, 5.74) is 6.73. The summed E-state index contributed by atoms with van der Waals surface area (Å²) >= 11 is 0. The Labute approximate surface area is 147 Å². The molecule has 1 aromatic heterocycles. The molecule has 6 heteroatoms. The molecule has 2 atom stereocenters. The van der Waals surface area contributed by atoms with Crippen molar-refractivity contribution >= 4 is 0 Å². The molecule has 0 aliphatic heterocycles. The van der Waals surface area contributed by atoms with Crippen LogP contribution in [0.1, 0.15) is 37.3 Å². The van der Waals surface area contributed by atoms with E-state index in [1.54, 1.807) is 0 Å². The van der Waals surface area contributed by atoms with Crippen LogP contribution in [0.25, 0.3) is 0 Å². The fourth-order valence-electron chi connectivity index (χ4n) is 3.14. The Morgan fingerprint density at radius 1 is 1.08 bits per heavy atom. The van der Waals surface area contributed by atoms with Gasteiger partial charge in [0.1, 0.15) is 0 Å². The molecule has 0 amide bonds. The van der Waals surface area contributed by atoms with Gasteiger partial charge in [-0.1, -0.05) is 44.2 Å². The standard InChI is InChI=1S/C19H27N3O3/c1-12(2)16(20)14(11-10-13-8-6-5-7-9-13)15-17(23)21(3)19(25)22(4)18(15)24/h5-9,12,14,16,23H,10-11,20H2,1-4H3. The number of hydrogen-bond donors (Lipinski definition) is 2. The van der Waals surface area contributed by atoms with Crippen LogP contribution < -0.4 is 17.0 Å². The number of nitrogens with two attached hydrogens (primary N) is 1. The van der Waals surface area contributed by atoms with E-state index in [4.69, 9.17) is 5.73 Å². The topological polar surface area (TPSA) is 90.2 Å². The lowest BCUT2D eigenvalue weighted by molar-refractivity contribution is 0.356. The molecule has 0 saturated heterocycles. The number of aromatic hydroxyl groups is 1. The molecule has 0 aliphatic rings. The number of benzene rings is 1. The van der Waals surface area contributed by atoms with Crippen molar-refractivity contribution < 1.29 is 5.11 Å². The summed E-state index contributed by atoms with van der Waals surface area (Å²) in [5, 5.41) is 10.5. The van der Waals surface area contributed by atoms with Gasteiger partial charge in [0.25, 0.3) is 5.56 Å². The third-order valence-electron chi connectivity index (χ3n) is 4.86. The maximum atomic E-state index is 12.7. The predicted molar refractivity (Wildman–Crippen MR) is 98.9 cm³/mol. The average molecular weight is 345 g/mol. The Balaban J connectivity index is 2.50. The van der Waals surface area contributed by atoms with Crippen molar-refractivity contribution in [2.24, 2.45) is 25.7 Å². The van der Waals surface area contributed by atoms with E-state index in [0.717, 1.165) is 21.1 Å². The van der Waals surface area contributed by atoms with Crippen LogP contribution in [0.5, 0.6) is 5.88 Å². The van der Waals surface area contributed by atoms with E-state index in [1.807, 2.05) is 44.2 Å². The molecule has 2 aromatic rings. The van der Waals surface area contributed by atoms with Crippen LogP contribution in [0, 0.1) is 5.92 Å². The maximum Gasteiger partial charge on any atom is 0.333 e. The molecule has 2 unspecified atom stereocenters. The second-order valence-corrected chi connectivity index (χ2v) is 6.90. The normalized spacial score (nSPS) is 13.8. The lowest BCUT2D eigenvalue weighted by Crippen LogP contribution is -2.43. The zero-order valence-electron chi connectivity index (χ0n) is 15.3. The summed E-state index contributed by atoms with van der Waals surface area (Å²) in [7, 11) is 2.87. The van der Waals surface area contributed by atoms with Gasteiger partial charge < -0.3 is 10.8 Å². The van der Waals surface area contributed by atoms with Gasteiger partial charge in [0.05, 0.1) is 5.56 Å². The molecular weight excluding hydrogens is 318 g/mol. The quantitative estimate of drug-likeness (QED) is 0.830. The zero-order chi connectivity index (χ0) is 18.7. The van der Waals surface area contributed by atoms with Gasteiger partial charge in [-0.05, 0) is 24.3 Å². The van der Waals surface area contributed by atoms with E-state index < -0.39 is 11.2 Å². The highest BCUT2D eigenvalue weighted by Gasteiger charge is 2.30. The minimum Gasteiger partial charge on any atom is -0.494 e. The SMILES string of the molecule is CC(C)C(N)C(CCc1ccccc1)c1c(O)n(C)c(=O)n(C)c1=O. The Morgan fingerprint density at radius 2 is 1.68 bits per heavy atom. The first-order valence-corrected chi connectivity index (χ1v) is 8.54. The molecule has 0 spiro atoms. The minimum atomic E-state index is -0.550. The molecule has 6 nitrogen and oxygen atoms in total. The highest BCUT2D eigenvalue weighted by molar-refractivity contribution is 5.29. The van der Waals surface area contributed by atoms with Crippen LogP contribution >= 0.6 is 0 Å². The van der Waals surface area contributed by atoms with Crippen molar-refractivity contribution in [3.05, 3.63) is 62.3 Å². The highest BCUT2D eigenvalue weighted by atomic mass is 16.3. The summed E-state index contributed by atoms with van der Waals surface area (Å²) in [4.78, 5) is 24.7. The summed E-state index contributed by atoms with van der Waals surface area (Å²) in [6.07, 6.45) is 1.35. The van der Waals surface area contributed by atoms with Crippen molar-refractivity contribution in [2.45, 2.75) is 38.6 Å². The van der Waals surface area contributed by atoms with E-state index in [-0.39, 0.29) is 29.3 Å². The lowest BCUT2D eigenvalue weighted by Gasteiger charge is -2.28. The summed E-state index contributed by atoms with van der Waals surface area (Å²) < 4.78 is 2.12. The number of nitrogens with zero attached hydrogens (tertiary/aromatic N) is 2. The first kappa shape index (κ1) is 19.0. The highest BCUT2D eigenvalue weighted by Crippen LogP contribution is 2.30. The number of aryl methyl sites for hydroxylation is 1. The fraction of sp³-hybridized carbons (Fsp3) is 0.474. The smallest absolute Gasteiger partial charge is 0.333 e. The van der Waals surface area contributed by atoms with E-state index in [2.05, 4.69) is 0 Å². The van der Waals surface area contributed by atoms with Crippen LogP contribution in [-0.4, -0.2) is 20.3 Å². The van der Waals surface area contributed by atoms with Crippen molar-refractivity contribution in [1.29, 1.82) is 0 Å². The van der Waals surface area contributed by atoms with Gasteiger partial charge in [-0.3, -0.25) is 13.9 Å². The van der Waals surface area contributed by atoms with Crippen LogP contribution in [0.4, 0.5) is 0 Å². The first-order chi connectivity index (χ1) is 11.8. The molecule has 0 fully saturated rings. The predicted octanol–water partition coefficient (Wildman–Crippen LogP) is 1.49. The lowest BCUT2D eigenvalue weighted by atomic mass is 9.82. The molecule has 0 aliphatic carbocycles. The monoisotopic (exact) mass is 345 g/mol. The summed E-state index contributed by atoms with van der Waals surface area (Å²) in [6, 6.07) is 9.63. The second-order valence-electron chi connectivity index (χ2n) is 6.90. The van der Waals surface area contributed by atoms with Crippen LogP contribution in [0.3, 0.4) is 0 Å². The van der Waals surface area contributed by atoms with Gasteiger partial charge in [-0.2, -0.15) is 0 Å². The largest absolute Gasteiger partial charge is 0.494 e. The molecule has 1 aromatic carbocycles.